The van der Waals surface area contributed by atoms with Crippen molar-refractivity contribution in [2.75, 3.05) is 24.7 Å². The van der Waals surface area contributed by atoms with Crippen molar-refractivity contribution >= 4 is 17.5 Å². The van der Waals surface area contributed by atoms with Crippen molar-refractivity contribution in [1.29, 1.82) is 0 Å². The van der Waals surface area contributed by atoms with Crippen LogP contribution in [0.2, 0.25) is 0 Å². The predicted molar refractivity (Wildman–Crippen MR) is 117 cm³/mol. The fourth-order valence-electron chi connectivity index (χ4n) is 5.03. The number of hydrogen-bond donors (Lipinski definition) is 1. The lowest BCUT2D eigenvalue weighted by molar-refractivity contribution is -0.135. The number of nitrogens with zero attached hydrogens (tertiary/aromatic N) is 1. The molecule has 2 aliphatic heterocycles. The molecule has 31 heavy (non-hydrogen) atoms. The zero-order valence-electron chi connectivity index (χ0n) is 17.6. The number of amides is 2. The molecule has 0 aromatic heterocycles. The Bertz CT molecular complexity index is 989. The highest BCUT2D eigenvalue weighted by molar-refractivity contribution is 5.99. The summed E-state index contributed by atoms with van der Waals surface area (Å²) in [5, 5.41) is 3.06. The number of ether oxygens (including phenoxy) is 2. The number of benzene rings is 2. The molecule has 6 nitrogen and oxygen atoms in total. The van der Waals surface area contributed by atoms with Gasteiger partial charge in [-0.25, -0.2) is 0 Å². The first-order valence-electron chi connectivity index (χ1n) is 11.3. The molecule has 6 heteroatoms. The number of anilines is 1. The van der Waals surface area contributed by atoms with Crippen LogP contribution in [0.5, 0.6) is 11.5 Å². The van der Waals surface area contributed by atoms with E-state index in [2.05, 4.69) is 11.4 Å². The maximum Gasteiger partial charge on any atom is 0.230 e. The largest absolute Gasteiger partial charge is 0.486 e. The van der Waals surface area contributed by atoms with Crippen LogP contribution in [0.4, 0.5) is 5.69 Å². The molecule has 2 unspecified atom stereocenters. The molecule has 5 rings (SSSR count). The van der Waals surface area contributed by atoms with E-state index in [0.717, 1.165) is 54.9 Å². The van der Waals surface area contributed by atoms with Crippen molar-refractivity contribution < 1.29 is 19.1 Å². The third-order valence-corrected chi connectivity index (χ3v) is 6.65. The minimum atomic E-state index is -0.272. The Labute approximate surface area is 182 Å². The van der Waals surface area contributed by atoms with Gasteiger partial charge in [0.25, 0.3) is 0 Å². The lowest BCUT2D eigenvalue weighted by Gasteiger charge is -2.32. The number of para-hydroxylation sites is 1. The van der Waals surface area contributed by atoms with E-state index in [1.165, 1.54) is 5.56 Å². The molecule has 2 amide bonds. The van der Waals surface area contributed by atoms with Crippen molar-refractivity contribution in [3.05, 3.63) is 53.6 Å². The van der Waals surface area contributed by atoms with E-state index < -0.39 is 0 Å². The second kappa shape index (κ2) is 8.61. The second-order valence-electron chi connectivity index (χ2n) is 8.56. The van der Waals surface area contributed by atoms with Crippen molar-refractivity contribution in [3.8, 4) is 11.5 Å². The summed E-state index contributed by atoms with van der Waals surface area (Å²) in [4.78, 5) is 28.4. The summed E-state index contributed by atoms with van der Waals surface area (Å²) in [6, 6.07) is 13.8. The summed E-state index contributed by atoms with van der Waals surface area (Å²) in [5.41, 5.74) is 3.18. The maximum absolute atomic E-state index is 13.4. The number of fused-ring (bicyclic) bond motifs is 2. The highest BCUT2D eigenvalue weighted by atomic mass is 16.6. The second-order valence-corrected chi connectivity index (χ2v) is 8.56. The van der Waals surface area contributed by atoms with Gasteiger partial charge in [-0.1, -0.05) is 37.1 Å². The van der Waals surface area contributed by atoms with Gasteiger partial charge in [0.15, 0.2) is 11.5 Å². The van der Waals surface area contributed by atoms with Crippen LogP contribution in [0, 0.1) is 11.8 Å². The summed E-state index contributed by atoms with van der Waals surface area (Å²) < 4.78 is 11.2. The van der Waals surface area contributed by atoms with Gasteiger partial charge >= 0.3 is 0 Å². The molecule has 0 bridgehead atoms. The molecule has 0 radical (unpaired) electrons. The van der Waals surface area contributed by atoms with Gasteiger partial charge in [-0.2, -0.15) is 0 Å². The number of carbonyl (C=O) groups is 2. The summed E-state index contributed by atoms with van der Waals surface area (Å²) in [5.74, 6) is 1.01. The van der Waals surface area contributed by atoms with Gasteiger partial charge in [0.1, 0.15) is 13.2 Å². The third kappa shape index (κ3) is 3.99. The summed E-state index contributed by atoms with van der Waals surface area (Å²) in [6.07, 6.45) is 4.41. The minimum Gasteiger partial charge on any atom is -0.486 e. The smallest absolute Gasteiger partial charge is 0.230 e. The molecular formula is C25H28N2O4. The van der Waals surface area contributed by atoms with Crippen LogP contribution in [0.15, 0.2) is 42.5 Å². The molecule has 2 aromatic rings. The first-order chi connectivity index (χ1) is 15.2. The number of rotatable bonds is 4. The van der Waals surface area contributed by atoms with Crippen molar-refractivity contribution in [2.45, 2.75) is 38.6 Å². The summed E-state index contributed by atoms with van der Waals surface area (Å²) in [7, 11) is 0. The minimum absolute atomic E-state index is 0.0274. The first-order valence-corrected chi connectivity index (χ1v) is 11.3. The molecule has 1 saturated carbocycles. The van der Waals surface area contributed by atoms with Gasteiger partial charge < -0.3 is 19.7 Å². The van der Waals surface area contributed by atoms with Crippen LogP contribution in [-0.2, 0) is 22.6 Å². The number of nitrogens with one attached hydrogen (secondary N) is 1. The summed E-state index contributed by atoms with van der Waals surface area (Å²) >= 11 is 0. The van der Waals surface area contributed by atoms with E-state index in [9.17, 15) is 9.59 Å². The average molecular weight is 421 g/mol. The monoisotopic (exact) mass is 420 g/mol. The molecule has 0 saturated heterocycles. The van der Waals surface area contributed by atoms with E-state index in [0.29, 0.717) is 26.3 Å². The van der Waals surface area contributed by atoms with Gasteiger partial charge in [0.2, 0.25) is 11.8 Å². The Balaban J connectivity index is 1.26. The van der Waals surface area contributed by atoms with Gasteiger partial charge in [0.05, 0.1) is 5.92 Å². The molecule has 3 aliphatic rings. The van der Waals surface area contributed by atoms with E-state index in [1.807, 2.05) is 41.3 Å². The van der Waals surface area contributed by atoms with Gasteiger partial charge in [-0.15, -0.1) is 0 Å². The zero-order valence-corrected chi connectivity index (χ0v) is 17.6. The Kier molecular flexibility index (Phi) is 5.53. The van der Waals surface area contributed by atoms with E-state index in [-0.39, 0.29) is 23.7 Å². The molecule has 1 N–H and O–H groups in total. The van der Waals surface area contributed by atoms with E-state index in [4.69, 9.17) is 9.47 Å². The van der Waals surface area contributed by atoms with Gasteiger partial charge in [0, 0.05) is 24.7 Å². The Hall–Kier alpha value is -3.02. The molecule has 2 atom stereocenters. The lowest BCUT2D eigenvalue weighted by atomic mass is 9.77. The average Bonchev–Trinajstić information content (AvgIpc) is 3.26. The fraction of sp³-hybridized carbons (Fsp3) is 0.440. The molecule has 1 fully saturated rings. The zero-order chi connectivity index (χ0) is 21.2. The van der Waals surface area contributed by atoms with Crippen molar-refractivity contribution in [1.82, 2.24) is 5.32 Å². The van der Waals surface area contributed by atoms with Crippen LogP contribution in [0.25, 0.3) is 0 Å². The van der Waals surface area contributed by atoms with Crippen LogP contribution in [-0.4, -0.2) is 31.6 Å². The van der Waals surface area contributed by atoms with E-state index >= 15 is 0 Å². The quantitative estimate of drug-likeness (QED) is 0.823. The highest BCUT2D eigenvalue weighted by Crippen LogP contribution is 2.36. The lowest BCUT2D eigenvalue weighted by Crippen LogP contribution is -2.45. The molecule has 1 aliphatic carbocycles. The summed E-state index contributed by atoms with van der Waals surface area (Å²) in [6.45, 7) is 2.22. The fourth-order valence-corrected chi connectivity index (χ4v) is 5.03. The van der Waals surface area contributed by atoms with Crippen molar-refractivity contribution in [3.63, 3.8) is 0 Å². The molecular weight excluding hydrogens is 392 g/mol. The van der Waals surface area contributed by atoms with Crippen LogP contribution in [0.3, 0.4) is 0 Å². The molecule has 162 valence electrons. The Morgan fingerprint density at radius 1 is 0.968 bits per heavy atom. The molecule has 2 heterocycles. The molecule has 2 aromatic carbocycles. The number of hydrogen-bond acceptors (Lipinski definition) is 4. The van der Waals surface area contributed by atoms with Crippen LogP contribution < -0.4 is 19.7 Å². The van der Waals surface area contributed by atoms with Crippen LogP contribution in [0.1, 0.15) is 36.8 Å². The van der Waals surface area contributed by atoms with Gasteiger partial charge in [-0.05, 0) is 48.6 Å². The molecule has 0 spiro atoms. The van der Waals surface area contributed by atoms with Crippen LogP contribution >= 0.6 is 0 Å². The van der Waals surface area contributed by atoms with E-state index in [1.54, 1.807) is 0 Å². The first kappa shape index (κ1) is 19.9. The Morgan fingerprint density at radius 3 is 2.61 bits per heavy atom. The SMILES string of the molecule is O=C(NCc1ccc2c(c1)OCCO2)C1CCCCC1C(=O)N1CCc2ccccc21. The van der Waals surface area contributed by atoms with Crippen molar-refractivity contribution in [2.24, 2.45) is 11.8 Å². The normalized spacial score (nSPS) is 22.0. The highest BCUT2D eigenvalue weighted by Gasteiger charge is 2.39. The Morgan fingerprint density at radius 2 is 1.74 bits per heavy atom. The maximum atomic E-state index is 13.4. The standard InChI is InChI=1S/C25H28N2O4/c28-24(26-16-17-9-10-22-23(15-17)31-14-13-30-22)19-6-2-3-7-20(19)25(29)27-12-11-18-5-1-4-8-21(18)27/h1,4-5,8-10,15,19-20H,2-3,6-7,11-14,16H2,(H,26,28). The topological polar surface area (TPSA) is 67.9 Å². The number of carbonyl (C=O) groups excluding carboxylic acids is 2. The van der Waals surface area contributed by atoms with Gasteiger partial charge in [-0.3, -0.25) is 9.59 Å². The third-order valence-electron chi connectivity index (χ3n) is 6.65. The predicted octanol–water partition coefficient (Wildman–Crippen LogP) is 3.47.